The second-order valence-corrected chi connectivity index (χ2v) is 9.09. The first-order chi connectivity index (χ1) is 14.6. The molecule has 0 bridgehead atoms. The zero-order valence-corrected chi connectivity index (χ0v) is 17.6. The molecule has 0 radical (unpaired) electrons. The van der Waals surface area contributed by atoms with Gasteiger partial charge in [-0.25, -0.2) is 8.42 Å². The maximum absolute atomic E-state index is 13.1. The normalized spacial score (nSPS) is 16.8. The Morgan fingerprint density at radius 2 is 1.90 bits per heavy atom. The highest BCUT2D eigenvalue weighted by molar-refractivity contribution is 7.92. The molecule has 2 aromatic rings. The van der Waals surface area contributed by atoms with Gasteiger partial charge in [0.1, 0.15) is 5.75 Å². The van der Waals surface area contributed by atoms with Gasteiger partial charge in [0.05, 0.1) is 18.1 Å². The minimum atomic E-state index is -5.47. The summed E-state index contributed by atoms with van der Waals surface area (Å²) in [6.45, 7) is 1.15. The Morgan fingerprint density at radius 1 is 1.19 bits per heavy atom. The van der Waals surface area contributed by atoms with E-state index >= 15 is 0 Å². The molecule has 0 aromatic heterocycles. The molecule has 3 rings (SSSR count). The minimum Gasteiger partial charge on any atom is -0.497 e. The van der Waals surface area contributed by atoms with Crippen molar-refractivity contribution in [3.05, 3.63) is 59.7 Å². The van der Waals surface area contributed by atoms with Gasteiger partial charge in [-0.05, 0) is 54.8 Å². The number of methoxy groups -OCH3 is 1. The summed E-state index contributed by atoms with van der Waals surface area (Å²) >= 11 is 0. The Labute approximate surface area is 178 Å². The zero-order chi connectivity index (χ0) is 22.6. The van der Waals surface area contributed by atoms with Crippen LogP contribution in [0.5, 0.6) is 5.75 Å². The molecular formula is C21H22F3NO5S. The first-order valence-corrected chi connectivity index (χ1v) is 11.1. The maximum atomic E-state index is 13.1. The van der Waals surface area contributed by atoms with E-state index in [-0.39, 0.29) is 18.2 Å². The highest BCUT2D eigenvalue weighted by Crippen LogP contribution is 2.30. The first kappa shape index (κ1) is 23.1. The average Bonchev–Trinajstić information content (AvgIpc) is 3.25. The number of amides is 1. The van der Waals surface area contributed by atoms with Crippen molar-refractivity contribution in [2.75, 3.05) is 20.3 Å². The molecule has 1 saturated heterocycles. The summed E-state index contributed by atoms with van der Waals surface area (Å²) in [4.78, 5) is 13.7. The van der Waals surface area contributed by atoms with E-state index in [4.69, 9.17) is 9.47 Å². The Morgan fingerprint density at radius 3 is 2.48 bits per heavy atom. The largest absolute Gasteiger partial charge is 0.501 e. The van der Waals surface area contributed by atoms with Gasteiger partial charge >= 0.3 is 5.51 Å². The molecule has 1 atom stereocenters. The van der Waals surface area contributed by atoms with Gasteiger partial charge in [-0.3, -0.25) is 4.79 Å². The standard InChI is InChI=1S/C21H22F3NO5S/c1-29-17-5-2-4-15(12-17)13-25(14-18-6-3-11-30-18)20(26)16-7-9-19(10-8-16)31(27,28)21(22,23)24/h2,4-5,7-10,12,18H,3,6,11,13-14H2,1H3. The highest BCUT2D eigenvalue weighted by Gasteiger charge is 2.46. The van der Waals surface area contributed by atoms with Gasteiger partial charge in [0.25, 0.3) is 15.7 Å². The second-order valence-electron chi connectivity index (χ2n) is 7.15. The van der Waals surface area contributed by atoms with Crippen molar-refractivity contribution in [3.8, 4) is 5.75 Å². The lowest BCUT2D eigenvalue weighted by atomic mass is 10.1. The number of sulfone groups is 1. The van der Waals surface area contributed by atoms with Crippen LogP contribution in [0.15, 0.2) is 53.4 Å². The number of alkyl halides is 3. The molecule has 0 spiro atoms. The van der Waals surface area contributed by atoms with Gasteiger partial charge in [0.2, 0.25) is 0 Å². The van der Waals surface area contributed by atoms with E-state index in [2.05, 4.69) is 0 Å². The van der Waals surface area contributed by atoms with Crippen molar-refractivity contribution >= 4 is 15.7 Å². The van der Waals surface area contributed by atoms with Crippen molar-refractivity contribution in [2.45, 2.75) is 35.9 Å². The van der Waals surface area contributed by atoms with Crippen LogP contribution in [0.4, 0.5) is 13.2 Å². The third-order valence-corrected chi connectivity index (χ3v) is 6.46. The van der Waals surface area contributed by atoms with Crippen molar-refractivity contribution in [2.24, 2.45) is 0 Å². The summed E-state index contributed by atoms with van der Waals surface area (Å²) in [5, 5.41) is 0. The van der Waals surface area contributed by atoms with Gasteiger partial charge in [-0.1, -0.05) is 12.1 Å². The number of rotatable bonds is 7. The Balaban J connectivity index is 1.85. The summed E-state index contributed by atoms with van der Waals surface area (Å²) in [5.74, 6) is 0.193. The van der Waals surface area contributed by atoms with E-state index in [0.29, 0.717) is 18.9 Å². The lowest BCUT2D eigenvalue weighted by molar-refractivity contribution is -0.0436. The third-order valence-electron chi connectivity index (χ3n) is 4.96. The topological polar surface area (TPSA) is 72.9 Å². The quantitative estimate of drug-likeness (QED) is 0.632. The molecule has 2 aromatic carbocycles. The smallest absolute Gasteiger partial charge is 0.497 e. The molecule has 1 amide bonds. The lowest BCUT2D eigenvalue weighted by Gasteiger charge is -2.26. The predicted molar refractivity (Wildman–Crippen MR) is 106 cm³/mol. The summed E-state index contributed by atoms with van der Waals surface area (Å²) in [5.41, 5.74) is -4.51. The van der Waals surface area contributed by atoms with E-state index < -0.39 is 26.1 Å². The van der Waals surface area contributed by atoms with Crippen molar-refractivity contribution in [3.63, 3.8) is 0 Å². The molecule has 1 fully saturated rings. The summed E-state index contributed by atoms with van der Waals surface area (Å²) < 4.78 is 72.2. The molecule has 10 heteroatoms. The first-order valence-electron chi connectivity index (χ1n) is 9.57. The average molecular weight is 457 g/mol. The predicted octanol–water partition coefficient (Wildman–Crippen LogP) is 3.81. The molecule has 0 saturated carbocycles. The number of benzene rings is 2. The monoisotopic (exact) mass is 457 g/mol. The number of carbonyl (C=O) groups excluding carboxylic acids is 1. The molecule has 31 heavy (non-hydrogen) atoms. The van der Waals surface area contributed by atoms with E-state index in [1.165, 1.54) is 12.0 Å². The molecule has 0 N–H and O–H groups in total. The van der Waals surface area contributed by atoms with Crippen LogP contribution in [-0.4, -0.2) is 51.1 Å². The van der Waals surface area contributed by atoms with Crippen LogP contribution in [0.25, 0.3) is 0 Å². The molecular weight excluding hydrogens is 435 g/mol. The fraction of sp³-hybridized carbons (Fsp3) is 0.381. The van der Waals surface area contributed by atoms with Crippen LogP contribution >= 0.6 is 0 Å². The maximum Gasteiger partial charge on any atom is 0.501 e. The van der Waals surface area contributed by atoms with Crippen LogP contribution < -0.4 is 4.74 Å². The van der Waals surface area contributed by atoms with E-state index in [1.807, 2.05) is 6.07 Å². The summed E-state index contributed by atoms with van der Waals surface area (Å²) in [7, 11) is -3.94. The third kappa shape index (κ3) is 5.37. The van der Waals surface area contributed by atoms with Crippen molar-refractivity contribution < 1.29 is 35.9 Å². The Kier molecular flexibility index (Phi) is 6.90. The molecule has 0 aliphatic carbocycles. The lowest BCUT2D eigenvalue weighted by Crippen LogP contribution is -2.37. The molecule has 1 aliphatic heterocycles. The molecule has 6 nitrogen and oxygen atoms in total. The fourth-order valence-electron chi connectivity index (χ4n) is 3.34. The number of ether oxygens (including phenoxy) is 2. The van der Waals surface area contributed by atoms with E-state index in [0.717, 1.165) is 42.7 Å². The van der Waals surface area contributed by atoms with Crippen LogP contribution in [0.1, 0.15) is 28.8 Å². The Hall–Kier alpha value is -2.59. The van der Waals surface area contributed by atoms with Crippen molar-refractivity contribution in [1.82, 2.24) is 4.90 Å². The molecule has 1 heterocycles. The molecule has 1 unspecified atom stereocenters. The zero-order valence-electron chi connectivity index (χ0n) is 16.8. The fourth-order valence-corrected chi connectivity index (χ4v) is 4.10. The highest BCUT2D eigenvalue weighted by atomic mass is 32.2. The molecule has 168 valence electrons. The van der Waals surface area contributed by atoms with Gasteiger partial charge in [-0.2, -0.15) is 13.2 Å². The number of hydrogen-bond donors (Lipinski definition) is 0. The minimum absolute atomic E-state index is 0.0852. The van der Waals surface area contributed by atoms with Gasteiger partial charge < -0.3 is 14.4 Å². The number of halogens is 3. The number of carbonyl (C=O) groups is 1. The molecule has 1 aliphatic rings. The van der Waals surface area contributed by atoms with Crippen molar-refractivity contribution in [1.29, 1.82) is 0 Å². The van der Waals surface area contributed by atoms with Crippen LogP contribution in [0.2, 0.25) is 0 Å². The Bertz CT molecular complexity index is 1020. The van der Waals surface area contributed by atoms with Gasteiger partial charge in [-0.15, -0.1) is 0 Å². The van der Waals surface area contributed by atoms with Gasteiger partial charge in [0, 0.05) is 25.3 Å². The van der Waals surface area contributed by atoms with E-state index in [9.17, 15) is 26.4 Å². The number of hydrogen-bond acceptors (Lipinski definition) is 5. The number of nitrogens with zero attached hydrogens (tertiary/aromatic N) is 1. The summed E-state index contributed by atoms with van der Waals surface area (Å²) in [6.07, 6.45) is 1.54. The van der Waals surface area contributed by atoms with E-state index in [1.54, 1.807) is 18.2 Å². The van der Waals surface area contributed by atoms with Gasteiger partial charge in [0.15, 0.2) is 0 Å². The van der Waals surface area contributed by atoms with Crippen LogP contribution in [-0.2, 0) is 21.1 Å². The SMILES string of the molecule is COc1cccc(CN(CC2CCCO2)C(=O)c2ccc(S(=O)(=O)C(F)(F)F)cc2)c1. The van der Waals surface area contributed by atoms with Crippen LogP contribution in [0.3, 0.4) is 0 Å². The van der Waals surface area contributed by atoms with Crippen LogP contribution in [0, 0.1) is 0 Å². The summed E-state index contributed by atoms with van der Waals surface area (Å²) in [6, 6.07) is 11.0. The second kappa shape index (κ2) is 9.27.